The Balaban J connectivity index is 0.000000234. The number of hydrogen-bond acceptors (Lipinski definition) is 6. The first-order chi connectivity index (χ1) is 15.4. The number of anilines is 2. The Hall–Kier alpha value is -3.00. The molecule has 0 aliphatic carbocycles. The van der Waals surface area contributed by atoms with Crippen LogP contribution in [-0.2, 0) is 9.59 Å². The molecule has 0 radical (unpaired) electrons. The third-order valence-electron chi connectivity index (χ3n) is 4.51. The van der Waals surface area contributed by atoms with Crippen LogP contribution in [-0.4, -0.2) is 40.3 Å². The lowest BCUT2D eigenvalue weighted by molar-refractivity contribution is -0.119. The summed E-state index contributed by atoms with van der Waals surface area (Å²) in [7, 11) is 0. The number of nitrogens with one attached hydrogen (secondary N) is 1. The summed E-state index contributed by atoms with van der Waals surface area (Å²) >= 11 is 1.68. The summed E-state index contributed by atoms with van der Waals surface area (Å²) in [6, 6.07) is 9.91. The number of piperidine rings is 1. The number of aromatic nitrogens is 2. The predicted molar refractivity (Wildman–Crippen MR) is 135 cm³/mol. The summed E-state index contributed by atoms with van der Waals surface area (Å²) < 4.78 is 1.26. The van der Waals surface area contributed by atoms with E-state index in [0.717, 1.165) is 30.6 Å². The number of pyridine rings is 1. The maximum atomic E-state index is 10.6. The first-order valence-electron chi connectivity index (χ1n) is 10.9. The van der Waals surface area contributed by atoms with Crippen molar-refractivity contribution in [2.45, 2.75) is 47.5 Å². The van der Waals surface area contributed by atoms with Crippen LogP contribution in [0, 0.1) is 12.8 Å². The Kier molecular flexibility index (Phi) is 12.6. The molecule has 0 bridgehead atoms. The van der Waals surface area contributed by atoms with Gasteiger partial charge in [-0.15, -0.1) is 11.3 Å². The van der Waals surface area contributed by atoms with Gasteiger partial charge in [-0.05, 0) is 49.4 Å². The number of carbonyl (C=O) groups excluding carboxylic acids is 2. The molecule has 1 aliphatic rings. The van der Waals surface area contributed by atoms with Crippen LogP contribution in [0.15, 0.2) is 42.0 Å². The van der Waals surface area contributed by atoms with E-state index in [1.54, 1.807) is 17.4 Å². The van der Waals surface area contributed by atoms with Crippen molar-refractivity contribution in [2.24, 2.45) is 5.92 Å². The fraction of sp³-hybridized carbons (Fsp3) is 0.417. The summed E-state index contributed by atoms with van der Waals surface area (Å²) in [5.74, 6) is 1.09. The topological polar surface area (TPSA) is 101 Å². The zero-order valence-electron chi connectivity index (χ0n) is 19.7. The molecular formula is C24H35N5O2S. The van der Waals surface area contributed by atoms with E-state index in [1.807, 2.05) is 49.4 Å². The highest BCUT2D eigenvalue weighted by molar-refractivity contribution is 7.16. The zero-order chi connectivity index (χ0) is 23.9. The molecule has 2 amide bonds. The quantitative estimate of drug-likeness (QED) is 0.520. The molecule has 3 aromatic rings. The summed E-state index contributed by atoms with van der Waals surface area (Å²) in [5, 5.41) is 2.62. The lowest BCUT2D eigenvalue weighted by Gasteiger charge is -2.27. The molecule has 1 atom stereocenters. The number of thiazole rings is 1. The molecule has 174 valence electrons. The maximum Gasteiger partial charge on any atom is 0.221 e. The fourth-order valence-corrected chi connectivity index (χ4v) is 3.66. The van der Waals surface area contributed by atoms with Gasteiger partial charge in [0.05, 0.1) is 27.6 Å². The normalized spacial score (nSPS) is 14.5. The monoisotopic (exact) mass is 457 g/mol. The van der Waals surface area contributed by atoms with Gasteiger partial charge in [0, 0.05) is 20.0 Å². The number of nitrogen functional groups attached to an aromatic ring is 1. The first-order valence-corrected chi connectivity index (χ1v) is 11.7. The lowest BCUT2D eigenvalue weighted by atomic mass is 10.0. The van der Waals surface area contributed by atoms with Crippen molar-refractivity contribution in [1.29, 1.82) is 0 Å². The van der Waals surface area contributed by atoms with E-state index in [4.69, 9.17) is 5.73 Å². The van der Waals surface area contributed by atoms with Crippen LogP contribution in [0.25, 0.3) is 10.2 Å². The predicted octanol–water partition coefficient (Wildman–Crippen LogP) is 5.13. The molecule has 1 aromatic carbocycles. The van der Waals surface area contributed by atoms with Crippen LogP contribution >= 0.6 is 11.3 Å². The van der Waals surface area contributed by atoms with E-state index < -0.39 is 0 Å². The molecule has 4 rings (SSSR count). The Morgan fingerprint density at radius 2 is 2.00 bits per heavy atom. The number of fused-ring (bicyclic) bond motifs is 1. The molecule has 1 fully saturated rings. The van der Waals surface area contributed by atoms with Gasteiger partial charge in [-0.2, -0.15) is 0 Å². The average molecular weight is 458 g/mol. The zero-order valence-corrected chi connectivity index (χ0v) is 20.5. The van der Waals surface area contributed by atoms with E-state index in [0.29, 0.717) is 17.4 Å². The van der Waals surface area contributed by atoms with Crippen LogP contribution < -0.4 is 11.1 Å². The SMILES string of the molecule is CC.CC(=O)Nc1cnc(N)c(C)c1.CC1CCCN(C=O)C1.c1ccc2scnc2c1. The van der Waals surface area contributed by atoms with E-state index in [-0.39, 0.29) is 5.91 Å². The largest absolute Gasteiger partial charge is 0.383 e. The van der Waals surface area contributed by atoms with Crippen molar-refractivity contribution >= 4 is 45.4 Å². The van der Waals surface area contributed by atoms with Crippen molar-refractivity contribution in [3.05, 3.63) is 47.6 Å². The van der Waals surface area contributed by atoms with Crippen LogP contribution in [0.4, 0.5) is 11.5 Å². The molecule has 7 nitrogen and oxygen atoms in total. The molecule has 8 heteroatoms. The highest BCUT2D eigenvalue weighted by Crippen LogP contribution is 2.15. The molecule has 1 saturated heterocycles. The molecule has 0 saturated carbocycles. The van der Waals surface area contributed by atoms with Crippen LogP contribution in [0.1, 0.15) is 46.1 Å². The minimum atomic E-state index is -0.110. The smallest absolute Gasteiger partial charge is 0.221 e. The molecule has 32 heavy (non-hydrogen) atoms. The highest BCUT2D eigenvalue weighted by atomic mass is 32.1. The minimum absolute atomic E-state index is 0.110. The number of aryl methyl sites for hydroxylation is 1. The first kappa shape index (κ1) is 27.0. The van der Waals surface area contributed by atoms with Crippen molar-refractivity contribution in [1.82, 2.24) is 14.9 Å². The number of nitrogens with zero attached hydrogens (tertiary/aromatic N) is 3. The third-order valence-corrected chi connectivity index (χ3v) is 5.32. The number of amides is 2. The number of para-hydroxylation sites is 1. The van der Waals surface area contributed by atoms with Gasteiger partial charge in [-0.3, -0.25) is 9.59 Å². The number of likely N-dealkylation sites (tertiary alicyclic amines) is 1. The average Bonchev–Trinajstić information content (AvgIpc) is 3.27. The molecule has 2 aromatic heterocycles. The number of carbonyl (C=O) groups is 2. The second kappa shape index (κ2) is 14.9. The molecular weight excluding hydrogens is 422 g/mol. The number of nitrogens with two attached hydrogens (primary N) is 1. The van der Waals surface area contributed by atoms with E-state index in [1.165, 1.54) is 30.7 Å². The second-order valence-electron chi connectivity index (χ2n) is 7.28. The van der Waals surface area contributed by atoms with Crippen LogP contribution in [0.2, 0.25) is 0 Å². The van der Waals surface area contributed by atoms with Gasteiger partial charge >= 0.3 is 0 Å². The molecule has 0 spiro atoms. The van der Waals surface area contributed by atoms with E-state index >= 15 is 0 Å². The maximum absolute atomic E-state index is 10.6. The second-order valence-corrected chi connectivity index (χ2v) is 8.16. The van der Waals surface area contributed by atoms with Gasteiger partial charge < -0.3 is 16.0 Å². The third kappa shape index (κ3) is 9.87. The van der Waals surface area contributed by atoms with Gasteiger partial charge in [0.25, 0.3) is 0 Å². The molecule has 1 aliphatic heterocycles. The minimum Gasteiger partial charge on any atom is -0.383 e. The molecule has 3 heterocycles. The number of rotatable bonds is 2. The van der Waals surface area contributed by atoms with Crippen molar-refractivity contribution in [3.63, 3.8) is 0 Å². The summed E-state index contributed by atoms with van der Waals surface area (Å²) in [6.45, 7) is 11.4. The molecule has 3 N–H and O–H groups in total. The fourth-order valence-electron chi connectivity index (χ4n) is 2.98. The van der Waals surface area contributed by atoms with Gasteiger partial charge in [0.1, 0.15) is 5.82 Å². The Morgan fingerprint density at radius 1 is 1.28 bits per heavy atom. The van der Waals surface area contributed by atoms with Gasteiger partial charge in [-0.25, -0.2) is 9.97 Å². The Morgan fingerprint density at radius 3 is 2.56 bits per heavy atom. The summed E-state index contributed by atoms with van der Waals surface area (Å²) in [5.41, 5.74) is 10.00. The number of hydrogen-bond donors (Lipinski definition) is 2. The summed E-state index contributed by atoms with van der Waals surface area (Å²) in [4.78, 5) is 30.8. The standard InChI is InChI=1S/C8H11N3O.C7H13NO.C7H5NS.C2H6/c1-5-3-7(11-6(2)12)4-10-8(5)9;1-7-3-2-4-8(5-7)6-9;1-2-4-7-6(3-1)8-5-9-7;1-2/h3-4H,1-2H3,(H2,9,10)(H,11,12);6-7H,2-5H2,1H3;1-5H;1-2H3. The van der Waals surface area contributed by atoms with Crippen molar-refractivity contribution < 1.29 is 9.59 Å². The van der Waals surface area contributed by atoms with E-state index in [9.17, 15) is 9.59 Å². The van der Waals surface area contributed by atoms with Gasteiger partial charge in [-0.1, -0.05) is 32.9 Å². The van der Waals surface area contributed by atoms with Crippen LogP contribution in [0.3, 0.4) is 0 Å². The van der Waals surface area contributed by atoms with E-state index in [2.05, 4.69) is 28.3 Å². The van der Waals surface area contributed by atoms with Gasteiger partial charge in [0.15, 0.2) is 0 Å². The Labute approximate surface area is 195 Å². The Bertz CT molecular complexity index is 930. The van der Waals surface area contributed by atoms with Crippen LogP contribution in [0.5, 0.6) is 0 Å². The van der Waals surface area contributed by atoms with Crippen molar-refractivity contribution in [3.8, 4) is 0 Å². The van der Waals surface area contributed by atoms with Crippen molar-refractivity contribution in [2.75, 3.05) is 24.1 Å². The lowest BCUT2D eigenvalue weighted by Crippen LogP contribution is -2.32. The highest BCUT2D eigenvalue weighted by Gasteiger charge is 2.13. The number of benzene rings is 1. The summed E-state index contributed by atoms with van der Waals surface area (Å²) in [6.07, 6.45) is 4.95. The molecule has 1 unspecified atom stereocenters. The van der Waals surface area contributed by atoms with Gasteiger partial charge in [0.2, 0.25) is 12.3 Å².